The number of thioether (sulfide) groups is 1. The van der Waals surface area contributed by atoms with Crippen LogP contribution in [0.4, 0.5) is 5.69 Å². The van der Waals surface area contributed by atoms with Crippen molar-refractivity contribution in [2.45, 2.75) is 17.1 Å². The zero-order chi connectivity index (χ0) is 17.7. The monoisotopic (exact) mass is 365 g/mol. The molecule has 1 N–H and O–H groups in total. The molecule has 2 aromatic carbocycles. The lowest BCUT2D eigenvalue weighted by Gasteiger charge is -2.12. The Morgan fingerprint density at radius 1 is 1.17 bits per heavy atom. The molecular formula is C17H19NO4S2. The Bertz CT molecular complexity index is 817. The van der Waals surface area contributed by atoms with E-state index in [-0.39, 0.29) is 11.0 Å². The highest BCUT2D eigenvalue weighted by Crippen LogP contribution is 2.28. The molecule has 2 aromatic rings. The fourth-order valence-corrected chi connectivity index (χ4v) is 3.64. The highest BCUT2D eigenvalue weighted by Gasteiger charge is 2.17. The number of hydrogen-bond acceptors (Lipinski definition) is 5. The molecule has 24 heavy (non-hydrogen) atoms. The average Bonchev–Trinajstić information content (AvgIpc) is 2.53. The first kappa shape index (κ1) is 18.4. The molecule has 0 aliphatic rings. The molecule has 0 spiro atoms. The van der Waals surface area contributed by atoms with Crippen molar-refractivity contribution < 1.29 is 17.9 Å². The molecule has 0 aliphatic carbocycles. The first-order valence-corrected chi connectivity index (χ1v) is 9.98. The molecule has 1 atom stereocenters. The van der Waals surface area contributed by atoms with Gasteiger partial charge in [0.25, 0.3) is 0 Å². The highest BCUT2D eigenvalue weighted by molar-refractivity contribution is 8.00. The molecule has 2 rings (SSSR count). The van der Waals surface area contributed by atoms with Crippen LogP contribution in [-0.4, -0.2) is 32.8 Å². The minimum absolute atomic E-state index is 0.0197. The Morgan fingerprint density at radius 2 is 1.83 bits per heavy atom. The minimum atomic E-state index is -3.32. The summed E-state index contributed by atoms with van der Waals surface area (Å²) in [6, 6.07) is 13.9. The SMILES string of the molecule is COc1cccc(S[C@H](C)C(=O)c2ccc(NS(C)(=O)=O)cc2)c1. The number of Topliss-reactive ketones (excluding diaryl/α,β-unsaturated/α-hetero) is 1. The Hall–Kier alpha value is -1.99. The van der Waals surface area contributed by atoms with E-state index < -0.39 is 10.0 Å². The van der Waals surface area contributed by atoms with E-state index in [0.717, 1.165) is 16.9 Å². The Morgan fingerprint density at radius 3 is 2.42 bits per heavy atom. The maximum Gasteiger partial charge on any atom is 0.229 e. The average molecular weight is 365 g/mol. The smallest absolute Gasteiger partial charge is 0.229 e. The van der Waals surface area contributed by atoms with Crippen molar-refractivity contribution in [3.8, 4) is 5.75 Å². The number of rotatable bonds is 7. The number of sulfonamides is 1. The highest BCUT2D eigenvalue weighted by atomic mass is 32.2. The molecule has 0 unspecified atom stereocenters. The van der Waals surface area contributed by atoms with E-state index in [9.17, 15) is 13.2 Å². The number of ketones is 1. The van der Waals surface area contributed by atoms with Gasteiger partial charge in [-0.2, -0.15) is 0 Å². The predicted molar refractivity (Wildman–Crippen MR) is 97.6 cm³/mol. The summed E-state index contributed by atoms with van der Waals surface area (Å²) >= 11 is 1.45. The second-order valence-electron chi connectivity index (χ2n) is 5.25. The number of ether oxygens (including phenoxy) is 1. The number of nitrogens with one attached hydrogen (secondary N) is 1. The summed E-state index contributed by atoms with van der Waals surface area (Å²) in [7, 11) is -1.72. The van der Waals surface area contributed by atoms with Gasteiger partial charge >= 0.3 is 0 Å². The van der Waals surface area contributed by atoms with Crippen LogP contribution in [0.3, 0.4) is 0 Å². The normalized spacial score (nSPS) is 12.5. The fraction of sp³-hybridized carbons (Fsp3) is 0.235. The predicted octanol–water partition coefficient (Wildman–Crippen LogP) is 3.43. The number of benzene rings is 2. The van der Waals surface area contributed by atoms with Crippen LogP contribution in [0.2, 0.25) is 0 Å². The van der Waals surface area contributed by atoms with Crippen molar-refractivity contribution >= 4 is 33.3 Å². The summed E-state index contributed by atoms with van der Waals surface area (Å²) in [5.74, 6) is 0.726. The first-order chi connectivity index (χ1) is 11.3. The van der Waals surface area contributed by atoms with Crippen molar-refractivity contribution in [3.63, 3.8) is 0 Å². The molecule has 7 heteroatoms. The maximum absolute atomic E-state index is 12.5. The Balaban J connectivity index is 2.07. The van der Waals surface area contributed by atoms with Crippen molar-refractivity contribution in [2.75, 3.05) is 18.1 Å². The molecule has 0 radical (unpaired) electrons. The van der Waals surface area contributed by atoms with E-state index in [0.29, 0.717) is 11.3 Å². The molecular weight excluding hydrogens is 346 g/mol. The second-order valence-corrected chi connectivity index (χ2v) is 8.42. The van der Waals surface area contributed by atoms with E-state index in [1.165, 1.54) is 11.8 Å². The van der Waals surface area contributed by atoms with E-state index in [1.807, 2.05) is 31.2 Å². The summed E-state index contributed by atoms with van der Waals surface area (Å²) < 4.78 is 29.9. The Labute approximate surface area is 146 Å². The van der Waals surface area contributed by atoms with Crippen LogP contribution in [0.15, 0.2) is 53.4 Å². The lowest BCUT2D eigenvalue weighted by molar-refractivity contribution is 0.0994. The van der Waals surface area contributed by atoms with Gasteiger partial charge in [0.1, 0.15) is 5.75 Å². The molecule has 0 aromatic heterocycles. The van der Waals surface area contributed by atoms with Gasteiger partial charge in [-0.05, 0) is 49.4 Å². The molecule has 0 fully saturated rings. The van der Waals surface area contributed by atoms with Crippen LogP contribution in [0, 0.1) is 0 Å². The topological polar surface area (TPSA) is 72.5 Å². The van der Waals surface area contributed by atoms with Gasteiger partial charge < -0.3 is 4.74 Å². The molecule has 0 saturated heterocycles. The van der Waals surface area contributed by atoms with Gasteiger partial charge in [0, 0.05) is 16.1 Å². The number of hydrogen-bond donors (Lipinski definition) is 1. The number of carbonyl (C=O) groups excluding carboxylic acids is 1. The van der Waals surface area contributed by atoms with E-state index in [4.69, 9.17) is 4.74 Å². The fourth-order valence-electron chi connectivity index (χ4n) is 2.08. The quantitative estimate of drug-likeness (QED) is 0.601. The summed E-state index contributed by atoms with van der Waals surface area (Å²) in [6.45, 7) is 1.84. The number of carbonyl (C=O) groups is 1. The third-order valence-corrected chi connectivity index (χ3v) is 4.90. The number of anilines is 1. The standard InChI is InChI=1S/C17H19NO4S2/c1-12(23-16-6-4-5-15(11-16)22-2)17(19)13-7-9-14(10-8-13)18-24(3,20)21/h4-12,18H,1-3H3/t12-/m1/s1. The molecule has 128 valence electrons. The van der Waals surface area contributed by atoms with E-state index in [2.05, 4.69) is 4.72 Å². The van der Waals surface area contributed by atoms with Gasteiger partial charge in [0.15, 0.2) is 5.78 Å². The second kappa shape index (κ2) is 7.72. The first-order valence-electron chi connectivity index (χ1n) is 7.21. The molecule has 0 bridgehead atoms. The van der Waals surface area contributed by atoms with Gasteiger partial charge in [0.2, 0.25) is 10.0 Å². The molecule has 0 heterocycles. The van der Waals surface area contributed by atoms with Gasteiger partial charge in [-0.15, -0.1) is 11.8 Å². The van der Waals surface area contributed by atoms with Crippen LogP contribution in [0.5, 0.6) is 5.75 Å². The van der Waals surface area contributed by atoms with E-state index in [1.54, 1.807) is 31.4 Å². The summed E-state index contributed by atoms with van der Waals surface area (Å²) in [4.78, 5) is 13.5. The largest absolute Gasteiger partial charge is 0.497 e. The summed E-state index contributed by atoms with van der Waals surface area (Å²) in [6.07, 6.45) is 1.08. The van der Waals surface area contributed by atoms with Crippen LogP contribution < -0.4 is 9.46 Å². The molecule has 0 aliphatic heterocycles. The third-order valence-electron chi connectivity index (χ3n) is 3.20. The zero-order valence-corrected chi connectivity index (χ0v) is 15.3. The lowest BCUT2D eigenvalue weighted by atomic mass is 10.1. The third kappa shape index (κ3) is 5.28. The van der Waals surface area contributed by atoms with Crippen LogP contribution in [-0.2, 0) is 10.0 Å². The van der Waals surface area contributed by atoms with E-state index >= 15 is 0 Å². The van der Waals surface area contributed by atoms with Crippen LogP contribution >= 0.6 is 11.8 Å². The van der Waals surface area contributed by atoms with Gasteiger partial charge in [-0.1, -0.05) is 6.07 Å². The minimum Gasteiger partial charge on any atom is -0.497 e. The maximum atomic E-state index is 12.5. The van der Waals surface area contributed by atoms with Crippen molar-refractivity contribution in [3.05, 3.63) is 54.1 Å². The van der Waals surface area contributed by atoms with Gasteiger partial charge in [-0.3, -0.25) is 9.52 Å². The van der Waals surface area contributed by atoms with Crippen molar-refractivity contribution in [2.24, 2.45) is 0 Å². The number of methoxy groups -OCH3 is 1. The molecule has 0 saturated carbocycles. The summed E-state index contributed by atoms with van der Waals surface area (Å²) in [5.41, 5.74) is 0.971. The van der Waals surface area contributed by atoms with Crippen LogP contribution in [0.1, 0.15) is 17.3 Å². The zero-order valence-electron chi connectivity index (χ0n) is 13.6. The van der Waals surface area contributed by atoms with Crippen molar-refractivity contribution in [1.82, 2.24) is 0 Å². The molecule has 0 amide bonds. The van der Waals surface area contributed by atoms with Crippen LogP contribution in [0.25, 0.3) is 0 Å². The van der Waals surface area contributed by atoms with Gasteiger partial charge in [-0.25, -0.2) is 8.42 Å². The Kier molecular flexibility index (Phi) is 5.90. The van der Waals surface area contributed by atoms with Gasteiger partial charge in [0.05, 0.1) is 18.6 Å². The lowest BCUT2D eigenvalue weighted by Crippen LogP contribution is -2.14. The summed E-state index contributed by atoms with van der Waals surface area (Å²) in [5, 5.41) is -0.272. The molecule has 5 nitrogen and oxygen atoms in total. The van der Waals surface area contributed by atoms with Crippen molar-refractivity contribution in [1.29, 1.82) is 0 Å².